The number of methoxy groups -OCH3 is 1. The molecule has 0 spiro atoms. The van der Waals surface area contributed by atoms with Crippen molar-refractivity contribution in [1.82, 2.24) is 0 Å². The maximum Gasteiger partial charge on any atom is 0.342 e. The Balaban J connectivity index is 2.84. The van der Waals surface area contributed by atoms with E-state index in [-0.39, 0.29) is 5.56 Å². The molecule has 0 heterocycles. The van der Waals surface area contributed by atoms with E-state index >= 15 is 0 Å². The summed E-state index contributed by atoms with van der Waals surface area (Å²) < 4.78 is 9.84. The monoisotopic (exact) mass is 223 g/mol. The van der Waals surface area contributed by atoms with Gasteiger partial charge in [0, 0.05) is 0 Å². The molecule has 0 aliphatic heterocycles. The summed E-state index contributed by atoms with van der Waals surface area (Å²) in [6.07, 6.45) is -0.961. The Morgan fingerprint density at radius 2 is 1.94 bits per heavy atom. The summed E-state index contributed by atoms with van der Waals surface area (Å²) in [7, 11) is 1.45. The van der Waals surface area contributed by atoms with Crippen molar-refractivity contribution in [3.8, 4) is 5.75 Å². The molecule has 0 saturated heterocycles. The van der Waals surface area contributed by atoms with Gasteiger partial charge in [-0.05, 0) is 19.1 Å². The highest BCUT2D eigenvalue weighted by Crippen LogP contribution is 2.18. The summed E-state index contributed by atoms with van der Waals surface area (Å²) in [5.41, 5.74) is 5.25. The van der Waals surface area contributed by atoms with Crippen molar-refractivity contribution < 1.29 is 19.1 Å². The number of rotatable bonds is 4. The van der Waals surface area contributed by atoms with Gasteiger partial charge in [0.05, 0.1) is 7.11 Å². The lowest BCUT2D eigenvalue weighted by molar-refractivity contribution is -0.125. The molecular formula is C11H13NO4. The van der Waals surface area contributed by atoms with Crippen LogP contribution in [-0.2, 0) is 9.53 Å². The molecule has 16 heavy (non-hydrogen) atoms. The Morgan fingerprint density at radius 3 is 2.50 bits per heavy atom. The molecule has 0 aliphatic carbocycles. The van der Waals surface area contributed by atoms with E-state index in [1.54, 1.807) is 24.3 Å². The number of hydrogen-bond acceptors (Lipinski definition) is 4. The average molecular weight is 223 g/mol. The molecule has 0 aromatic heterocycles. The number of nitrogens with two attached hydrogens (primary N) is 1. The van der Waals surface area contributed by atoms with Gasteiger partial charge in [0.15, 0.2) is 6.10 Å². The standard InChI is InChI=1S/C11H13NO4/c1-7(10(12)13)16-11(14)8-5-3-4-6-9(8)15-2/h3-7H,1-2H3,(H2,12,13). The SMILES string of the molecule is COc1ccccc1C(=O)OC(C)C(N)=O. The van der Waals surface area contributed by atoms with Crippen molar-refractivity contribution in [2.75, 3.05) is 7.11 Å². The molecule has 5 nitrogen and oxygen atoms in total. The van der Waals surface area contributed by atoms with Crippen LogP contribution in [0, 0.1) is 0 Å². The number of para-hydroxylation sites is 1. The number of hydrogen-bond donors (Lipinski definition) is 1. The Labute approximate surface area is 93.1 Å². The van der Waals surface area contributed by atoms with Gasteiger partial charge in [0.25, 0.3) is 5.91 Å². The minimum Gasteiger partial charge on any atom is -0.496 e. The van der Waals surface area contributed by atoms with Crippen molar-refractivity contribution in [3.05, 3.63) is 29.8 Å². The number of primary amides is 1. The zero-order valence-corrected chi connectivity index (χ0v) is 9.10. The molecule has 2 N–H and O–H groups in total. The van der Waals surface area contributed by atoms with E-state index in [1.165, 1.54) is 14.0 Å². The fourth-order valence-corrected chi connectivity index (χ4v) is 1.10. The second-order valence-corrected chi connectivity index (χ2v) is 3.15. The molecule has 0 aliphatic rings. The minimum absolute atomic E-state index is 0.262. The Hall–Kier alpha value is -2.04. The van der Waals surface area contributed by atoms with E-state index in [4.69, 9.17) is 15.2 Å². The number of ether oxygens (including phenoxy) is 2. The molecule has 0 radical (unpaired) electrons. The summed E-state index contributed by atoms with van der Waals surface area (Å²) >= 11 is 0. The fraction of sp³-hybridized carbons (Fsp3) is 0.273. The molecule has 5 heteroatoms. The molecule has 0 bridgehead atoms. The van der Waals surface area contributed by atoms with Gasteiger partial charge in [-0.15, -0.1) is 0 Å². The first-order valence-electron chi connectivity index (χ1n) is 4.69. The molecule has 0 fully saturated rings. The van der Waals surface area contributed by atoms with Crippen LogP contribution in [0.1, 0.15) is 17.3 Å². The second-order valence-electron chi connectivity index (χ2n) is 3.15. The lowest BCUT2D eigenvalue weighted by Gasteiger charge is -2.11. The largest absolute Gasteiger partial charge is 0.496 e. The van der Waals surface area contributed by atoms with Gasteiger partial charge in [0.1, 0.15) is 11.3 Å². The van der Waals surface area contributed by atoms with Gasteiger partial charge in [0.2, 0.25) is 0 Å². The highest BCUT2D eigenvalue weighted by atomic mass is 16.5. The van der Waals surface area contributed by atoms with E-state index in [2.05, 4.69) is 0 Å². The summed E-state index contributed by atoms with van der Waals surface area (Å²) in [6.45, 7) is 1.41. The number of carbonyl (C=O) groups excluding carboxylic acids is 2. The van der Waals surface area contributed by atoms with Crippen LogP contribution < -0.4 is 10.5 Å². The Morgan fingerprint density at radius 1 is 1.31 bits per heavy atom. The van der Waals surface area contributed by atoms with Crippen molar-refractivity contribution in [1.29, 1.82) is 0 Å². The van der Waals surface area contributed by atoms with Crippen molar-refractivity contribution in [2.24, 2.45) is 5.73 Å². The number of benzene rings is 1. The minimum atomic E-state index is -0.961. The first-order chi connectivity index (χ1) is 7.56. The summed E-state index contributed by atoms with van der Waals surface area (Å²) in [5, 5.41) is 0. The fourth-order valence-electron chi connectivity index (χ4n) is 1.10. The van der Waals surface area contributed by atoms with Crippen LogP contribution in [0.2, 0.25) is 0 Å². The smallest absolute Gasteiger partial charge is 0.342 e. The zero-order valence-electron chi connectivity index (χ0n) is 9.10. The first-order valence-corrected chi connectivity index (χ1v) is 4.69. The number of amides is 1. The molecule has 1 aromatic rings. The van der Waals surface area contributed by atoms with Gasteiger partial charge < -0.3 is 15.2 Å². The molecule has 1 atom stereocenters. The molecule has 1 aromatic carbocycles. The van der Waals surface area contributed by atoms with E-state index in [0.717, 1.165) is 0 Å². The third kappa shape index (κ3) is 2.73. The van der Waals surface area contributed by atoms with E-state index in [0.29, 0.717) is 5.75 Å². The zero-order chi connectivity index (χ0) is 12.1. The third-order valence-corrected chi connectivity index (χ3v) is 2.01. The lowest BCUT2D eigenvalue weighted by atomic mass is 10.2. The Bertz CT molecular complexity index is 403. The lowest BCUT2D eigenvalue weighted by Crippen LogP contribution is -2.30. The van der Waals surface area contributed by atoms with Crippen LogP contribution in [0.5, 0.6) is 5.75 Å². The molecule has 1 rings (SSSR count). The third-order valence-electron chi connectivity index (χ3n) is 2.01. The Kier molecular flexibility index (Phi) is 3.88. The summed E-state index contributed by atoms with van der Waals surface area (Å²) in [5.74, 6) is -0.934. The van der Waals surface area contributed by atoms with E-state index in [9.17, 15) is 9.59 Å². The highest BCUT2D eigenvalue weighted by molar-refractivity contribution is 5.94. The van der Waals surface area contributed by atoms with Crippen LogP contribution in [-0.4, -0.2) is 25.1 Å². The van der Waals surface area contributed by atoms with Crippen molar-refractivity contribution in [2.45, 2.75) is 13.0 Å². The number of carbonyl (C=O) groups is 2. The molecule has 0 saturated carbocycles. The molecule has 86 valence electrons. The maximum atomic E-state index is 11.6. The van der Waals surface area contributed by atoms with Crippen molar-refractivity contribution in [3.63, 3.8) is 0 Å². The highest BCUT2D eigenvalue weighted by Gasteiger charge is 2.18. The molecular weight excluding hydrogens is 210 g/mol. The van der Waals surface area contributed by atoms with Gasteiger partial charge >= 0.3 is 5.97 Å². The van der Waals surface area contributed by atoms with Crippen LogP contribution in [0.25, 0.3) is 0 Å². The van der Waals surface area contributed by atoms with Crippen LogP contribution in [0.3, 0.4) is 0 Å². The second kappa shape index (κ2) is 5.16. The van der Waals surface area contributed by atoms with E-state index in [1.807, 2.05) is 0 Å². The van der Waals surface area contributed by atoms with Crippen LogP contribution in [0.4, 0.5) is 0 Å². The van der Waals surface area contributed by atoms with Gasteiger partial charge in [-0.2, -0.15) is 0 Å². The average Bonchev–Trinajstić information content (AvgIpc) is 2.28. The van der Waals surface area contributed by atoms with Gasteiger partial charge in [-0.25, -0.2) is 4.79 Å². The predicted octanol–water partition coefficient (Wildman–Crippen LogP) is 0.726. The van der Waals surface area contributed by atoms with Crippen LogP contribution >= 0.6 is 0 Å². The summed E-state index contributed by atoms with van der Waals surface area (Å²) in [6, 6.07) is 6.58. The number of esters is 1. The topological polar surface area (TPSA) is 78.6 Å². The molecule has 1 unspecified atom stereocenters. The van der Waals surface area contributed by atoms with Crippen molar-refractivity contribution >= 4 is 11.9 Å². The van der Waals surface area contributed by atoms with Gasteiger partial charge in [-0.1, -0.05) is 12.1 Å². The quantitative estimate of drug-likeness (QED) is 0.763. The van der Waals surface area contributed by atoms with E-state index < -0.39 is 18.0 Å². The normalized spacial score (nSPS) is 11.6. The molecule has 1 amide bonds. The van der Waals surface area contributed by atoms with Gasteiger partial charge in [-0.3, -0.25) is 4.79 Å². The first kappa shape index (κ1) is 12.0. The summed E-state index contributed by atoms with van der Waals surface area (Å²) in [4.78, 5) is 22.4. The van der Waals surface area contributed by atoms with Crippen LogP contribution in [0.15, 0.2) is 24.3 Å². The predicted molar refractivity (Wildman–Crippen MR) is 57.1 cm³/mol. The maximum absolute atomic E-state index is 11.6.